The van der Waals surface area contributed by atoms with Crippen LogP contribution in [0.4, 0.5) is 5.69 Å². The second kappa shape index (κ2) is 7.65. The molecule has 2 aromatic carbocycles. The normalized spacial score (nSPS) is 15.8. The summed E-state index contributed by atoms with van der Waals surface area (Å²) in [6, 6.07) is 20.3. The highest BCUT2D eigenvalue weighted by Gasteiger charge is 2.16. The summed E-state index contributed by atoms with van der Waals surface area (Å²) in [4.78, 5) is 8.71. The molecule has 2 N–H and O–H groups in total. The molecule has 0 radical (unpaired) electrons. The average molecular weight is 322 g/mol. The highest BCUT2D eigenvalue weighted by atomic mass is 32.2. The van der Waals surface area contributed by atoms with Gasteiger partial charge in [0, 0.05) is 24.1 Å². The van der Waals surface area contributed by atoms with Crippen LogP contribution < -0.4 is 10.6 Å². The fourth-order valence-corrected chi connectivity index (χ4v) is 2.55. The second-order valence-corrected chi connectivity index (χ2v) is 6.03. The second-order valence-electron chi connectivity index (χ2n) is 5.07. The lowest BCUT2D eigenvalue weighted by atomic mass is 10.2. The summed E-state index contributed by atoms with van der Waals surface area (Å²) in [7, 11) is 0. The molecule has 23 heavy (non-hydrogen) atoms. The van der Waals surface area contributed by atoms with Crippen LogP contribution in [0.1, 0.15) is 12.5 Å². The number of para-hydroxylation sites is 1. The number of rotatable bonds is 5. The summed E-state index contributed by atoms with van der Waals surface area (Å²) in [5.74, 6) is 0. The number of hydrogen-bond acceptors (Lipinski definition) is 4. The van der Waals surface area contributed by atoms with Gasteiger partial charge < -0.3 is 10.6 Å². The van der Waals surface area contributed by atoms with Crippen LogP contribution in [0.15, 0.2) is 82.5 Å². The van der Waals surface area contributed by atoms with E-state index in [1.54, 1.807) is 11.8 Å². The molecule has 0 aromatic heterocycles. The van der Waals surface area contributed by atoms with Crippen molar-refractivity contribution >= 4 is 27.8 Å². The van der Waals surface area contributed by atoms with Gasteiger partial charge in [-0.1, -0.05) is 48.5 Å². The van der Waals surface area contributed by atoms with E-state index in [-0.39, 0.29) is 0 Å². The van der Waals surface area contributed by atoms with Crippen molar-refractivity contribution in [2.24, 2.45) is 9.98 Å². The minimum atomic E-state index is 0.768. The third-order valence-corrected chi connectivity index (χ3v) is 3.96. The Balaban J connectivity index is 1.49. The minimum Gasteiger partial charge on any atom is -0.383 e. The summed E-state index contributed by atoms with van der Waals surface area (Å²) in [5.41, 5.74) is 3.30. The zero-order valence-electron chi connectivity index (χ0n) is 12.9. The zero-order chi connectivity index (χ0) is 15.9. The monoisotopic (exact) mass is 322 g/mol. The smallest absolute Gasteiger partial charge is 0.197 e. The number of anilines is 1. The van der Waals surface area contributed by atoms with Crippen LogP contribution in [-0.2, 0) is 6.54 Å². The number of allylic oxidation sites excluding steroid dienone is 1. The van der Waals surface area contributed by atoms with Crippen LogP contribution in [0.5, 0.6) is 0 Å². The maximum Gasteiger partial charge on any atom is 0.197 e. The van der Waals surface area contributed by atoms with Crippen LogP contribution in [0.25, 0.3) is 0 Å². The van der Waals surface area contributed by atoms with Crippen molar-refractivity contribution in [1.29, 1.82) is 0 Å². The highest BCUT2D eigenvalue weighted by Crippen LogP contribution is 2.22. The third-order valence-electron chi connectivity index (χ3n) is 3.19. The number of amidine groups is 2. The van der Waals surface area contributed by atoms with E-state index in [0.717, 1.165) is 28.3 Å². The number of nitrogens with zero attached hydrogens (tertiary/aromatic N) is 2. The first kappa shape index (κ1) is 15.4. The van der Waals surface area contributed by atoms with E-state index in [1.165, 1.54) is 5.56 Å². The van der Waals surface area contributed by atoms with Gasteiger partial charge in [0.25, 0.3) is 0 Å². The summed E-state index contributed by atoms with van der Waals surface area (Å²) in [6.07, 6.45) is 1.81. The molecule has 0 spiro atoms. The topological polar surface area (TPSA) is 48.8 Å². The van der Waals surface area contributed by atoms with Gasteiger partial charge in [-0.25, -0.2) is 4.99 Å². The summed E-state index contributed by atoms with van der Waals surface area (Å²) < 4.78 is 0. The molecule has 0 saturated heterocycles. The van der Waals surface area contributed by atoms with Gasteiger partial charge in [0.05, 0.1) is 0 Å². The van der Waals surface area contributed by atoms with Gasteiger partial charge in [-0.05, 0) is 36.4 Å². The van der Waals surface area contributed by atoms with E-state index in [0.29, 0.717) is 0 Å². The van der Waals surface area contributed by atoms with Crippen LogP contribution >= 0.6 is 11.8 Å². The number of hydrogen-bond donors (Lipinski definition) is 2. The van der Waals surface area contributed by atoms with Crippen molar-refractivity contribution < 1.29 is 0 Å². The molecule has 3 rings (SSSR count). The van der Waals surface area contributed by atoms with Crippen molar-refractivity contribution in [3.63, 3.8) is 0 Å². The van der Waals surface area contributed by atoms with Crippen molar-refractivity contribution in [3.8, 4) is 0 Å². The first-order valence-corrected chi connectivity index (χ1v) is 8.22. The molecule has 0 unspecified atom stereocenters. The maximum absolute atomic E-state index is 4.36. The Morgan fingerprint density at radius 1 is 1.09 bits per heavy atom. The molecule has 1 aliphatic rings. The first-order chi connectivity index (χ1) is 11.3. The van der Waals surface area contributed by atoms with Gasteiger partial charge in [0.15, 0.2) is 10.3 Å². The number of nitrogens with one attached hydrogen (secondary N) is 2. The molecule has 0 aliphatic carbocycles. The van der Waals surface area contributed by atoms with Crippen LogP contribution in [0.3, 0.4) is 0 Å². The third kappa shape index (κ3) is 4.72. The largest absolute Gasteiger partial charge is 0.383 e. The molecule has 0 amide bonds. The van der Waals surface area contributed by atoms with Crippen molar-refractivity contribution in [1.82, 2.24) is 5.32 Å². The lowest BCUT2D eigenvalue weighted by Gasteiger charge is -2.15. The van der Waals surface area contributed by atoms with Crippen LogP contribution in [0, 0.1) is 0 Å². The molecule has 4 nitrogen and oxygen atoms in total. The summed E-state index contributed by atoms with van der Waals surface area (Å²) in [5, 5.41) is 8.21. The molecule has 116 valence electrons. The number of thioether (sulfide) groups is 1. The molecular formula is C18H18N4S. The molecule has 2 aromatic rings. The van der Waals surface area contributed by atoms with Gasteiger partial charge in [-0.3, -0.25) is 0 Å². The highest BCUT2D eigenvalue weighted by molar-refractivity contribution is 8.29. The van der Waals surface area contributed by atoms with E-state index in [9.17, 15) is 0 Å². The molecule has 0 bridgehead atoms. The SMILES string of the molecule is CC(=CN=C1N=C(Nc2ccccc2)S1)NCc1ccccc1. The molecule has 0 fully saturated rings. The van der Waals surface area contributed by atoms with Crippen molar-refractivity contribution in [2.75, 3.05) is 5.32 Å². The lowest BCUT2D eigenvalue weighted by Crippen LogP contribution is -2.19. The van der Waals surface area contributed by atoms with Gasteiger partial charge >= 0.3 is 0 Å². The molecule has 5 heteroatoms. The van der Waals surface area contributed by atoms with E-state index < -0.39 is 0 Å². The maximum atomic E-state index is 4.36. The van der Waals surface area contributed by atoms with Crippen molar-refractivity contribution in [3.05, 3.63) is 78.1 Å². The fraction of sp³-hybridized carbons (Fsp3) is 0.111. The average Bonchev–Trinajstić information content (AvgIpc) is 2.57. The summed E-state index contributed by atoms with van der Waals surface area (Å²) in [6.45, 7) is 2.80. The van der Waals surface area contributed by atoms with Gasteiger partial charge in [0.2, 0.25) is 0 Å². The molecule has 1 aliphatic heterocycles. The van der Waals surface area contributed by atoms with E-state index in [2.05, 4.69) is 32.8 Å². The molecule has 1 heterocycles. The van der Waals surface area contributed by atoms with Gasteiger partial charge in [-0.2, -0.15) is 4.99 Å². The van der Waals surface area contributed by atoms with Crippen LogP contribution in [-0.4, -0.2) is 10.3 Å². The standard InChI is InChI=1S/C18H18N4S/c1-14(19-13-15-8-4-2-5-9-15)12-20-17-22-18(23-17)21-16-10-6-3-7-11-16/h2-12,19H,13H2,1H3,(H,20,21,22). The predicted molar refractivity (Wildman–Crippen MR) is 99.6 cm³/mol. The Morgan fingerprint density at radius 3 is 2.43 bits per heavy atom. The summed E-state index contributed by atoms with van der Waals surface area (Å²) >= 11 is 1.54. The molecule has 0 atom stereocenters. The zero-order valence-corrected chi connectivity index (χ0v) is 13.7. The Hall–Kier alpha value is -2.53. The predicted octanol–water partition coefficient (Wildman–Crippen LogP) is 4.21. The Labute approximate surface area is 140 Å². The number of aliphatic imine (C=N–C) groups is 2. The first-order valence-electron chi connectivity index (χ1n) is 7.40. The quantitative estimate of drug-likeness (QED) is 0.867. The molecular weight excluding hydrogens is 304 g/mol. The fourth-order valence-electron chi connectivity index (χ4n) is 1.97. The molecule has 0 saturated carbocycles. The van der Waals surface area contributed by atoms with Crippen LogP contribution in [0.2, 0.25) is 0 Å². The Kier molecular flexibility index (Phi) is 5.11. The van der Waals surface area contributed by atoms with Gasteiger partial charge in [-0.15, -0.1) is 0 Å². The van der Waals surface area contributed by atoms with Gasteiger partial charge in [0.1, 0.15) is 0 Å². The Morgan fingerprint density at radius 2 is 1.74 bits per heavy atom. The number of benzene rings is 2. The van der Waals surface area contributed by atoms with Crippen molar-refractivity contribution in [2.45, 2.75) is 13.5 Å². The van der Waals surface area contributed by atoms with E-state index >= 15 is 0 Å². The van der Waals surface area contributed by atoms with E-state index in [1.807, 2.05) is 61.7 Å². The van der Waals surface area contributed by atoms with E-state index in [4.69, 9.17) is 0 Å². The Bertz CT molecular complexity index is 736. The lowest BCUT2D eigenvalue weighted by molar-refractivity contribution is 0.808. The minimum absolute atomic E-state index is 0.768.